The van der Waals surface area contributed by atoms with E-state index < -0.39 is 11.8 Å². The van der Waals surface area contributed by atoms with Crippen LogP contribution < -0.4 is 20.2 Å². The summed E-state index contributed by atoms with van der Waals surface area (Å²) < 4.78 is 16.5. The molecule has 0 atom stereocenters. The van der Waals surface area contributed by atoms with Crippen LogP contribution in [0.25, 0.3) is 0 Å². The summed E-state index contributed by atoms with van der Waals surface area (Å²) in [6.45, 7) is 4.95. The number of nitrogens with zero attached hydrogens (tertiary/aromatic N) is 1. The third-order valence-corrected chi connectivity index (χ3v) is 4.72. The first-order valence-electron chi connectivity index (χ1n) is 10.3. The minimum absolute atomic E-state index is 0.120. The summed E-state index contributed by atoms with van der Waals surface area (Å²) in [4.78, 5) is 23.6. The van der Waals surface area contributed by atoms with E-state index in [0.717, 1.165) is 5.56 Å². The van der Waals surface area contributed by atoms with Crippen LogP contribution in [0.15, 0.2) is 41.5 Å². The Balaban J connectivity index is 1.89. The van der Waals surface area contributed by atoms with E-state index in [0.29, 0.717) is 46.7 Å². The number of ether oxygens (including phenoxy) is 3. The quantitative estimate of drug-likeness (QED) is 0.212. The average molecular weight is 496 g/mol. The van der Waals surface area contributed by atoms with E-state index in [9.17, 15) is 9.59 Å². The molecule has 2 N–H and O–H groups in total. The van der Waals surface area contributed by atoms with Gasteiger partial charge in [-0.3, -0.25) is 9.59 Å². The van der Waals surface area contributed by atoms with Crippen LogP contribution in [0.4, 0.5) is 0 Å². The molecule has 2 rings (SSSR count). The molecule has 0 heterocycles. The number of hydrazone groups is 1. The topological polar surface area (TPSA) is 98.2 Å². The Morgan fingerprint density at radius 2 is 1.85 bits per heavy atom. The number of amides is 2. The predicted molar refractivity (Wildman–Crippen MR) is 128 cm³/mol. The van der Waals surface area contributed by atoms with Gasteiger partial charge in [0.1, 0.15) is 6.61 Å². The number of carbonyl (C=O) groups excluding carboxylic acids is 2. The van der Waals surface area contributed by atoms with Crippen molar-refractivity contribution < 1.29 is 23.8 Å². The zero-order chi connectivity index (χ0) is 24.2. The Hall–Kier alpha value is -2.81. The second-order valence-electron chi connectivity index (χ2n) is 7.18. The molecule has 0 radical (unpaired) electrons. The maximum absolute atomic E-state index is 11.8. The number of hydrogen-bond acceptors (Lipinski definition) is 6. The molecule has 0 aliphatic rings. The molecule has 178 valence electrons. The summed E-state index contributed by atoms with van der Waals surface area (Å²) in [5.41, 5.74) is 3.63. The number of carbonyl (C=O) groups is 2. The van der Waals surface area contributed by atoms with Crippen LogP contribution in [0, 0.1) is 0 Å². The highest BCUT2D eigenvalue weighted by atomic mass is 35.5. The van der Waals surface area contributed by atoms with Crippen molar-refractivity contribution in [3.63, 3.8) is 0 Å². The van der Waals surface area contributed by atoms with E-state index in [4.69, 9.17) is 37.4 Å². The normalized spacial score (nSPS) is 11.0. The number of methoxy groups -OCH3 is 1. The standard InChI is InChI=1S/C23H27Cl2N3O5/c1-15(2)32-10-4-9-26-22(29)23(30)28-27-13-17-11-19(25)21(20(12-17)31-3)33-14-16-5-7-18(24)8-6-16/h5-8,11-13,15H,4,9-10,14H2,1-3H3,(H,26,29)(H,28,30)/b27-13-. The van der Waals surface area contributed by atoms with E-state index in [-0.39, 0.29) is 12.7 Å². The van der Waals surface area contributed by atoms with Crippen molar-refractivity contribution in [1.29, 1.82) is 0 Å². The Morgan fingerprint density at radius 3 is 2.52 bits per heavy atom. The van der Waals surface area contributed by atoms with E-state index in [1.54, 1.807) is 24.3 Å². The smallest absolute Gasteiger partial charge is 0.329 e. The van der Waals surface area contributed by atoms with Crippen LogP contribution in [0.2, 0.25) is 10.0 Å². The molecule has 2 aromatic carbocycles. The molecule has 2 aromatic rings. The Labute approximate surface area is 203 Å². The lowest BCUT2D eigenvalue weighted by atomic mass is 10.2. The summed E-state index contributed by atoms with van der Waals surface area (Å²) in [5.74, 6) is -0.892. The van der Waals surface area contributed by atoms with Gasteiger partial charge in [-0.1, -0.05) is 35.3 Å². The molecule has 0 saturated carbocycles. The predicted octanol–water partition coefficient (Wildman–Crippen LogP) is 3.96. The molecule has 0 bridgehead atoms. The molecule has 0 aromatic heterocycles. The van der Waals surface area contributed by atoms with Gasteiger partial charge in [0.2, 0.25) is 0 Å². The fourth-order valence-corrected chi connectivity index (χ4v) is 2.98. The highest BCUT2D eigenvalue weighted by Crippen LogP contribution is 2.36. The molecule has 8 nitrogen and oxygen atoms in total. The fourth-order valence-electron chi connectivity index (χ4n) is 2.58. The number of benzene rings is 2. The SMILES string of the molecule is COc1cc(/C=N\NC(=O)C(=O)NCCCOC(C)C)cc(Cl)c1OCc1ccc(Cl)cc1. The maximum Gasteiger partial charge on any atom is 0.329 e. The van der Waals surface area contributed by atoms with Gasteiger partial charge in [0.25, 0.3) is 0 Å². The van der Waals surface area contributed by atoms with Crippen LogP contribution in [0.5, 0.6) is 11.5 Å². The van der Waals surface area contributed by atoms with Gasteiger partial charge in [-0.15, -0.1) is 0 Å². The first-order valence-corrected chi connectivity index (χ1v) is 11.0. The molecular weight excluding hydrogens is 469 g/mol. The van der Waals surface area contributed by atoms with Gasteiger partial charge in [0.15, 0.2) is 11.5 Å². The summed E-state index contributed by atoms with van der Waals surface area (Å²) in [7, 11) is 1.49. The van der Waals surface area contributed by atoms with Crippen molar-refractivity contribution in [2.75, 3.05) is 20.3 Å². The van der Waals surface area contributed by atoms with Crippen molar-refractivity contribution in [1.82, 2.24) is 10.7 Å². The van der Waals surface area contributed by atoms with Crippen LogP contribution >= 0.6 is 23.2 Å². The van der Waals surface area contributed by atoms with Crippen molar-refractivity contribution in [2.45, 2.75) is 33.0 Å². The summed E-state index contributed by atoms with van der Waals surface area (Å²) in [5, 5.41) is 7.24. The lowest BCUT2D eigenvalue weighted by Crippen LogP contribution is -2.38. The van der Waals surface area contributed by atoms with Gasteiger partial charge in [-0.05, 0) is 55.7 Å². The van der Waals surface area contributed by atoms with Crippen molar-refractivity contribution in [3.8, 4) is 11.5 Å². The zero-order valence-electron chi connectivity index (χ0n) is 18.7. The number of hydrogen-bond donors (Lipinski definition) is 2. The monoisotopic (exact) mass is 495 g/mol. The zero-order valence-corrected chi connectivity index (χ0v) is 20.2. The van der Waals surface area contributed by atoms with Gasteiger partial charge >= 0.3 is 11.8 Å². The Morgan fingerprint density at radius 1 is 1.12 bits per heavy atom. The number of nitrogens with one attached hydrogen (secondary N) is 2. The van der Waals surface area contributed by atoms with Gasteiger partial charge in [-0.25, -0.2) is 5.43 Å². The lowest BCUT2D eigenvalue weighted by molar-refractivity contribution is -0.139. The minimum atomic E-state index is -0.878. The average Bonchev–Trinajstić information content (AvgIpc) is 2.78. The third kappa shape index (κ3) is 9.29. The number of rotatable bonds is 11. The molecule has 0 aliphatic carbocycles. The lowest BCUT2D eigenvalue weighted by Gasteiger charge is -2.13. The van der Waals surface area contributed by atoms with Gasteiger partial charge in [0, 0.05) is 18.2 Å². The highest BCUT2D eigenvalue weighted by molar-refractivity contribution is 6.35. The largest absolute Gasteiger partial charge is 0.493 e. The molecule has 33 heavy (non-hydrogen) atoms. The van der Waals surface area contributed by atoms with Crippen LogP contribution in [0.3, 0.4) is 0 Å². The van der Waals surface area contributed by atoms with Crippen molar-refractivity contribution in [2.24, 2.45) is 5.10 Å². The van der Waals surface area contributed by atoms with E-state index in [1.165, 1.54) is 13.3 Å². The minimum Gasteiger partial charge on any atom is -0.493 e. The maximum atomic E-state index is 11.8. The number of halogens is 2. The molecule has 0 fully saturated rings. The molecule has 10 heteroatoms. The third-order valence-electron chi connectivity index (χ3n) is 4.19. The van der Waals surface area contributed by atoms with E-state index in [2.05, 4.69) is 15.8 Å². The van der Waals surface area contributed by atoms with Crippen LogP contribution in [-0.4, -0.2) is 44.4 Å². The van der Waals surface area contributed by atoms with Crippen LogP contribution in [-0.2, 0) is 20.9 Å². The van der Waals surface area contributed by atoms with Crippen molar-refractivity contribution >= 4 is 41.2 Å². The Kier molecular flexibility index (Phi) is 11.0. The molecule has 0 saturated heterocycles. The van der Waals surface area contributed by atoms with Gasteiger partial charge < -0.3 is 19.5 Å². The Bertz CT molecular complexity index is 965. The first kappa shape index (κ1) is 26.4. The summed E-state index contributed by atoms with van der Waals surface area (Å²) >= 11 is 12.2. The molecule has 0 unspecified atom stereocenters. The van der Waals surface area contributed by atoms with Crippen molar-refractivity contribution in [3.05, 3.63) is 57.6 Å². The molecule has 0 spiro atoms. The second-order valence-corrected chi connectivity index (χ2v) is 8.02. The van der Waals surface area contributed by atoms with E-state index >= 15 is 0 Å². The van der Waals surface area contributed by atoms with Gasteiger partial charge in [-0.2, -0.15) is 5.10 Å². The second kappa shape index (κ2) is 13.7. The summed E-state index contributed by atoms with van der Waals surface area (Å²) in [6, 6.07) is 10.5. The molecule has 2 amide bonds. The molecule has 0 aliphatic heterocycles. The van der Waals surface area contributed by atoms with Crippen LogP contribution in [0.1, 0.15) is 31.4 Å². The first-order chi connectivity index (χ1) is 15.8. The molecular formula is C23H27Cl2N3O5. The highest BCUT2D eigenvalue weighted by Gasteiger charge is 2.13. The van der Waals surface area contributed by atoms with Gasteiger partial charge in [0.05, 0.1) is 24.5 Å². The van der Waals surface area contributed by atoms with E-state index in [1.807, 2.05) is 26.0 Å². The summed E-state index contributed by atoms with van der Waals surface area (Å²) in [6.07, 6.45) is 2.07. The fraction of sp³-hybridized carbons (Fsp3) is 0.348.